The molecule has 0 atom stereocenters. The van der Waals surface area contributed by atoms with E-state index in [0.717, 1.165) is 0 Å². The largest absolute Gasteiger partial charge is 0.497 e. The molecule has 0 bridgehead atoms. The van der Waals surface area contributed by atoms with E-state index in [1.807, 2.05) is 0 Å². The van der Waals surface area contributed by atoms with Gasteiger partial charge in [0.1, 0.15) is 18.1 Å². The van der Waals surface area contributed by atoms with E-state index in [4.69, 9.17) is 9.47 Å². The van der Waals surface area contributed by atoms with Crippen LogP contribution in [0, 0.1) is 0 Å². The molecule has 3 heteroatoms. The predicted molar refractivity (Wildman–Crippen MR) is 58.7 cm³/mol. The summed E-state index contributed by atoms with van der Waals surface area (Å²) in [4.78, 5) is 11.3. The first-order valence-corrected chi connectivity index (χ1v) is 4.61. The Bertz CT molecular complexity index is 369. The highest BCUT2D eigenvalue weighted by molar-refractivity contribution is 5.97. The first-order chi connectivity index (χ1) is 7.19. The van der Waals surface area contributed by atoms with Crippen molar-refractivity contribution in [2.75, 3.05) is 13.7 Å². The van der Waals surface area contributed by atoms with Crippen molar-refractivity contribution in [3.8, 4) is 11.5 Å². The maximum atomic E-state index is 11.3. The van der Waals surface area contributed by atoms with E-state index in [1.54, 1.807) is 31.4 Å². The van der Waals surface area contributed by atoms with Crippen LogP contribution < -0.4 is 9.47 Å². The lowest BCUT2D eigenvalue weighted by molar-refractivity contribution is 0.101. The van der Waals surface area contributed by atoms with Crippen molar-refractivity contribution in [2.24, 2.45) is 0 Å². The minimum Gasteiger partial charge on any atom is -0.497 e. The lowest BCUT2D eigenvalue weighted by Crippen LogP contribution is -2.01. The van der Waals surface area contributed by atoms with Gasteiger partial charge in [-0.05, 0) is 25.1 Å². The molecule has 1 aromatic carbocycles. The maximum absolute atomic E-state index is 11.3. The minimum atomic E-state index is -0.0482. The molecule has 0 aliphatic heterocycles. The Balaban J connectivity index is 3.03. The van der Waals surface area contributed by atoms with Crippen LogP contribution in [0.1, 0.15) is 17.3 Å². The van der Waals surface area contributed by atoms with E-state index in [-0.39, 0.29) is 5.78 Å². The van der Waals surface area contributed by atoms with Gasteiger partial charge in [0.05, 0.1) is 12.7 Å². The van der Waals surface area contributed by atoms with Gasteiger partial charge in [-0.25, -0.2) is 0 Å². The Labute approximate surface area is 89.3 Å². The molecule has 3 nitrogen and oxygen atoms in total. The van der Waals surface area contributed by atoms with Crippen molar-refractivity contribution in [1.29, 1.82) is 0 Å². The highest BCUT2D eigenvalue weighted by Crippen LogP contribution is 2.24. The van der Waals surface area contributed by atoms with Crippen LogP contribution in [0.25, 0.3) is 0 Å². The van der Waals surface area contributed by atoms with Gasteiger partial charge in [-0.15, -0.1) is 0 Å². The lowest BCUT2D eigenvalue weighted by Gasteiger charge is -2.09. The van der Waals surface area contributed by atoms with Crippen LogP contribution in [0.4, 0.5) is 0 Å². The van der Waals surface area contributed by atoms with E-state index in [0.29, 0.717) is 23.7 Å². The van der Waals surface area contributed by atoms with Gasteiger partial charge in [-0.3, -0.25) is 4.79 Å². The van der Waals surface area contributed by atoms with E-state index < -0.39 is 0 Å². The van der Waals surface area contributed by atoms with Gasteiger partial charge in [-0.1, -0.05) is 12.7 Å². The molecule has 0 spiro atoms. The number of Topliss-reactive ketones (excluding diaryl/α,β-unsaturated/α-hetero) is 1. The Morgan fingerprint density at radius 1 is 1.53 bits per heavy atom. The van der Waals surface area contributed by atoms with Crippen molar-refractivity contribution < 1.29 is 14.3 Å². The van der Waals surface area contributed by atoms with Crippen molar-refractivity contribution in [3.05, 3.63) is 36.4 Å². The molecule has 80 valence electrons. The van der Waals surface area contributed by atoms with Gasteiger partial charge in [-0.2, -0.15) is 0 Å². The third-order valence-electron chi connectivity index (χ3n) is 1.92. The second-order valence-electron chi connectivity index (χ2n) is 3.02. The van der Waals surface area contributed by atoms with Crippen molar-refractivity contribution in [1.82, 2.24) is 0 Å². The maximum Gasteiger partial charge on any atom is 0.163 e. The van der Waals surface area contributed by atoms with Crippen molar-refractivity contribution in [3.63, 3.8) is 0 Å². The van der Waals surface area contributed by atoms with E-state index in [2.05, 4.69) is 6.58 Å². The molecule has 0 saturated carbocycles. The van der Waals surface area contributed by atoms with Crippen molar-refractivity contribution in [2.45, 2.75) is 6.92 Å². The molecule has 0 heterocycles. The second kappa shape index (κ2) is 5.20. The number of methoxy groups -OCH3 is 1. The molecule has 0 saturated heterocycles. The summed E-state index contributed by atoms with van der Waals surface area (Å²) in [6, 6.07) is 5.14. The summed E-state index contributed by atoms with van der Waals surface area (Å²) in [6.07, 6.45) is 1.63. The molecule has 0 amide bonds. The zero-order chi connectivity index (χ0) is 11.3. The molecule has 0 aliphatic carbocycles. The number of hydrogen-bond donors (Lipinski definition) is 0. The van der Waals surface area contributed by atoms with Crippen LogP contribution in [0.2, 0.25) is 0 Å². The Morgan fingerprint density at radius 2 is 2.27 bits per heavy atom. The number of benzene rings is 1. The second-order valence-corrected chi connectivity index (χ2v) is 3.02. The number of hydrogen-bond acceptors (Lipinski definition) is 3. The number of ketones is 1. The molecular weight excluding hydrogens is 192 g/mol. The fourth-order valence-corrected chi connectivity index (χ4v) is 1.19. The van der Waals surface area contributed by atoms with E-state index in [1.165, 1.54) is 6.92 Å². The van der Waals surface area contributed by atoms with Gasteiger partial charge in [0.15, 0.2) is 5.78 Å². The molecule has 0 N–H and O–H groups in total. The highest BCUT2D eigenvalue weighted by atomic mass is 16.5. The fourth-order valence-electron chi connectivity index (χ4n) is 1.19. The third kappa shape index (κ3) is 2.84. The van der Waals surface area contributed by atoms with Gasteiger partial charge in [0.2, 0.25) is 0 Å². The third-order valence-corrected chi connectivity index (χ3v) is 1.92. The monoisotopic (exact) mass is 206 g/mol. The van der Waals surface area contributed by atoms with Gasteiger partial charge >= 0.3 is 0 Å². The summed E-state index contributed by atoms with van der Waals surface area (Å²) in [5.41, 5.74) is 0.524. The number of ether oxygens (including phenoxy) is 2. The van der Waals surface area contributed by atoms with Crippen molar-refractivity contribution >= 4 is 5.78 Å². The SMILES string of the molecule is C=CCOc1ccc(OC)cc1C(C)=O. The minimum absolute atomic E-state index is 0.0482. The van der Waals surface area contributed by atoms with Crippen LogP contribution in [0.15, 0.2) is 30.9 Å². The van der Waals surface area contributed by atoms with Gasteiger partial charge < -0.3 is 9.47 Å². The number of rotatable bonds is 5. The number of carbonyl (C=O) groups is 1. The van der Waals surface area contributed by atoms with Crippen LogP contribution in [-0.4, -0.2) is 19.5 Å². The summed E-state index contributed by atoms with van der Waals surface area (Å²) in [5, 5.41) is 0. The lowest BCUT2D eigenvalue weighted by atomic mass is 10.1. The molecule has 0 radical (unpaired) electrons. The quantitative estimate of drug-likeness (QED) is 0.548. The Morgan fingerprint density at radius 3 is 2.80 bits per heavy atom. The zero-order valence-electron chi connectivity index (χ0n) is 8.95. The first-order valence-electron chi connectivity index (χ1n) is 4.61. The normalized spacial score (nSPS) is 9.47. The van der Waals surface area contributed by atoms with Crippen LogP contribution >= 0.6 is 0 Å². The summed E-state index contributed by atoms with van der Waals surface area (Å²) in [6.45, 7) is 5.43. The topological polar surface area (TPSA) is 35.5 Å². The zero-order valence-corrected chi connectivity index (χ0v) is 8.95. The van der Waals surface area contributed by atoms with E-state index >= 15 is 0 Å². The van der Waals surface area contributed by atoms with Gasteiger partial charge in [0.25, 0.3) is 0 Å². The average molecular weight is 206 g/mol. The van der Waals surface area contributed by atoms with Gasteiger partial charge in [0, 0.05) is 0 Å². The smallest absolute Gasteiger partial charge is 0.163 e. The van der Waals surface area contributed by atoms with Crippen LogP contribution in [0.3, 0.4) is 0 Å². The summed E-state index contributed by atoms with van der Waals surface area (Å²) in [7, 11) is 1.56. The summed E-state index contributed by atoms with van der Waals surface area (Å²) < 4.78 is 10.4. The summed E-state index contributed by atoms with van der Waals surface area (Å²) >= 11 is 0. The molecule has 15 heavy (non-hydrogen) atoms. The molecule has 0 fully saturated rings. The Hall–Kier alpha value is -1.77. The van der Waals surface area contributed by atoms with Crippen LogP contribution in [-0.2, 0) is 0 Å². The summed E-state index contributed by atoms with van der Waals surface area (Å²) in [5.74, 6) is 1.15. The fraction of sp³-hybridized carbons (Fsp3) is 0.250. The molecule has 1 aromatic rings. The first kappa shape index (κ1) is 11.3. The average Bonchev–Trinajstić information content (AvgIpc) is 2.26. The molecule has 0 aromatic heterocycles. The molecular formula is C12H14O3. The standard InChI is InChI=1S/C12H14O3/c1-4-7-15-12-6-5-10(14-3)8-11(12)9(2)13/h4-6,8H,1,7H2,2-3H3. The number of carbonyl (C=O) groups excluding carboxylic acids is 1. The predicted octanol–water partition coefficient (Wildman–Crippen LogP) is 2.46. The Kier molecular flexibility index (Phi) is 3.92. The van der Waals surface area contributed by atoms with Crippen LogP contribution in [0.5, 0.6) is 11.5 Å². The molecule has 0 aliphatic rings. The van der Waals surface area contributed by atoms with E-state index in [9.17, 15) is 4.79 Å². The molecule has 1 rings (SSSR count). The highest BCUT2D eigenvalue weighted by Gasteiger charge is 2.09. The molecule has 0 unspecified atom stereocenters.